The predicted octanol–water partition coefficient (Wildman–Crippen LogP) is -6.98. The molecule has 2 aromatic rings. The Morgan fingerprint density at radius 2 is 0.905 bits per heavy atom. The summed E-state index contributed by atoms with van der Waals surface area (Å²) in [6.45, 7) is 5.56. The first-order chi connectivity index (χ1) is 19.3. The van der Waals surface area contributed by atoms with Crippen molar-refractivity contribution in [3.63, 3.8) is 0 Å². The second-order valence-corrected chi connectivity index (χ2v) is 10.6. The van der Waals surface area contributed by atoms with Gasteiger partial charge in [-0.05, 0) is 37.8 Å². The molecule has 14 heteroatoms. The molecule has 12 nitrogen and oxygen atoms in total. The summed E-state index contributed by atoms with van der Waals surface area (Å²) >= 11 is 0. The zero-order valence-electron chi connectivity index (χ0n) is 24.2. The van der Waals surface area contributed by atoms with E-state index < -0.39 is 11.9 Å². The summed E-state index contributed by atoms with van der Waals surface area (Å²) in [7, 11) is 0. The smallest absolute Gasteiger partial charge is 0.545 e. The Morgan fingerprint density at radius 1 is 0.571 bits per heavy atom. The Labute approximate surface area is 268 Å². The average molecular weight is 562 g/mol. The van der Waals surface area contributed by atoms with E-state index in [2.05, 4.69) is 19.8 Å². The molecule has 2 saturated heterocycles. The molecule has 2 aliphatic carbocycles. The maximum absolute atomic E-state index is 12.0. The maximum Gasteiger partial charge on any atom is 1.00 e. The number of carbonyl (C=O) groups excluding carboxylic acids is 4. The van der Waals surface area contributed by atoms with Crippen LogP contribution in [0.3, 0.4) is 0 Å². The normalized spacial score (nSPS) is 18.1. The number of carboxylic acids is 2. The number of hydrogen-bond acceptors (Lipinski definition) is 10. The molecular weight excluding hydrogens is 530 g/mol. The van der Waals surface area contributed by atoms with Crippen LogP contribution in [0.15, 0.2) is 36.9 Å². The fourth-order valence-electron chi connectivity index (χ4n) is 4.97. The van der Waals surface area contributed by atoms with Crippen molar-refractivity contribution in [3.05, 3.63) is 48.0 Å². The molecule has 0 bridgehead atoms. The number of pyridine rings is 2. The van der Waals surface area contributed by atoms with Gasteiger partial charge in [0.1, 0.15) is 0 Å². The fourth-order valence-corrected chi connectivity index (χ4v) is 4.97. The van der Waals surface area contributed by atoms with E-state index in [0.717, 1.165) is 37.1 Å². The number of anilines is 2. The van der Waals surface area contributed by atoms with Crippen LogP contribution in [-0.4, -0.2) is 95.9 Å². The number of carbonyl (C=O) groups is 4. The summed E-state index contributed by atoms with van der Waals surface area (Å²) < 4.78 is 0. The number of carboxylic acid groups (broad SMARTS) is 2. The van der Waals surface area contributed by atoms with Crippen LogP contribution in [0.5, 0.6) is 0 Å². The van der Waals surface area contributed by atoms with Crippen molar-refractivity contribution < 1.29 is 67.1 Å². The third kappa shape index (κ3) is 8.51. The minimum Gasteiger partial charge on any atom is -0.545 e. The molecule has 4 heterocycles. The molecule has 0 spiro atoms. The van der Waals surface area contributed by atoms with Crippen molar-refractivity contribution in [1.82, 2.24) is 19.8 Å². The second kappa shape index (κ2) is 14.9. The molecule has 0 atom stereocenters. The van der Waals surface area contributed by atoms with Crippen LogP contribution in [0.25, 0.3) is 0 Å². The molecule has 2 amide bonds. The molecule has 2 saturated carbocycles. The molecule has 0 aromatic carbocycles. The van der Waals surface area contributed by atoms with Gasteiger partial charge >= 0.3 is 37.7 Å². The molecule has 0 N–H and O–H groups in total. The standard InChI is InChI=1S/2C14H17N3O3.2Li/c2*18-13(10-1-2-10)17-5-3-16(4-6-17)12-7-11(14(19)20)8-15-9-12;;/h2*7-10H,1-6H2,(H,19,20);;/q;;2*+1/p-2. The molecule has 4 aliphatic rings. The van der Waals surface area contributed by atoms with Gasteiger partial charge in [0.15, 0.2) is 0 Å². The van der Waals surface area contributed by atoms with E-state index in [-0.39, 0.29) is 72.5 Å². The zero-order chi connectivity index (χ0) is 28.2. The summed E-state index contributed by atoms with van der Waals surface area (Å²) in [5.74, 6) is -1.39. The minimum absolute atomic E-state index is 0. The molecular formula is C28H32Li2N6O6. The Bertz CT molecular complexity index is 1180. The number of piperazine rings is 2. The molecule has 212 valence electrons. The Kier molecular flexibility index (Phi) is 11.9. The number of nitrogens with zero attached hydrogens (tertiary/aromatic N) is 6. The van der Waals surface area contributed by atoms with Gasteiger partial charge in [-0.2, -0.15) is 0 Å². The number of amides is 2. The first-order valence-electron chi connectivity index (χ1n) is 13.7. The van der Waals surface area contributed by atoms with Crippen LogP contribution < -0.4 is 57.7 Å². The Morgan fingerprint density at radius 3 is 1.19 bits per heavy atom. The van der Waals surface area contributed by atoms with Crippen molar-refractivity contribution in [2.24, 2.45) is 11.8 Å². The third-order valence-corrected chi connectivity index (χ3v) is 7.69. The van der Waals surface area contributed by atoms with E-state index in [9.17, 15) is 29.4 Å². The summed E-state index contributed by atoms with van der Waals surface area (Å²) in [6, 6.07) is 3.14. The zero-order valence-corrected chi connectivity index (χ0v) is 24.2. The van der Waals surface area contributed by atoms with Crippen molar-refractivity contribution in [2.75, 3.05) is 62.2 Å². The van der Waals surface area contributed by atoms with Crippen LogP contribution in [0.2, 0.25) is 0 Å². The first kappa shape index (κ1) is 33.5. The van der Waals surface area contributed by atoms with Gasteiger partial charge in [0.2, 0.25) is 11.8 Å². The molecule has 0 unspecified atom stereocenters. The molecule has 42 heavy (non-hydrogen) atoms. The van der Waals surface area contributed by atoms with Crippen LogP contribution in [0.4, 0.5) is 11.4 Å². The topological polar surface area (TPSA) is 153 Å². The molecule has 2 aliphatic heterocycles. The predicted molar refractivity (Wildman–Crippen MR) is 140 cm³/mol. The Hall–Kier alpha value is -3.03. The second-order valence-electron chi connectivity index (χ2n) is 10.6. The number of aromatic carboxylic acids is 2. The molecule has 2 aromatic heterocycles. The van der Waals surface area contributed by atoms with E-state index in [4.69, 9.17) is 0 Å². The summed E-state index contributed by atoms with van der Waals surface area (Å²) in [5, 5.41) is 21.7. The summed E-state index contributed by atoms with van der Waals surface area (Å²) in [4.78, 5) is 61.4. The van der Waals surface area contributed by atoms with E-state index in [1.807, 2.05) is 9.80 Å². The van der Waals surface area contributed by atoms with Crippen molar-refractivity contribution >= 4 is 35.1 Å². The van der Waals surface area contributed by atoms with Gasteiger partial charge < -0.3 is 39.4 Å². The first-order valence-corrected chi connectivity index (χ1v) is 13.7. The van der Waals surface area contributed by atoms with E-state index >= 15 is 0 Å². The summed E-state index contributed by atoms with van der Waals surface area (Å²) in [5.41, 5.74) is 1.70. The number of rotatable bonds is 6. The van der Waals surface area contributed by atoms with Crippen LogP contribution in [0, 0.1) is 11.8 Å². The number of aromatic nitrogens is 2. The summed E-state index contributed by atoms with van der Waals surface area (Å²) in [6.07, 6.45) is 9.95. The third-order valence-electron chi connectivity index (χ3n) is 7.69. The molecule has 0 radical (unpaired) electrons. The minimum atomic E-state index is -1.22. The SMILES string of the molecule is O=C([O-])c1cncc(N2CCN(C(=O)C3CC3)CC2)c1.O=C([O-])c1cncc(N2CCN(C(=O)C3CC3)CC2)c1.[Li+].[Li+]. The Balaban J connectivity index is 0.000000220. The van der Waals surface area contributed by atoms with Gasteiger partial charge in [0.25, 0.3) is 0 Å². The van der Waals surface area contributed by atoms with Gasteiger partial charge in [-0.3, -0.25) is 19.6 Å². The van der Waals surface area contributed by atoms with Crippen LogP contribution in [0.1, 0.15) is 46.4 Å². The quantitative estimate of drug-likeness (QED) is 0.311. The monoisotopic (exact) mass is 562 g/mol. The van der Waals surface area contributed by atoms with Gasteiger partial charge in [-0.15, -0.1) is 0 Å². The van der Waals surface area contributed by atoms with Crippen molar-refractivity contribution in [1.29, 1.82) is 0 Å². The average Bonchev–Trinajstić information content (AvgIpc) is 3.91. The van der Waals surface area contributed by atoms with Gasteiger partial charge in [-0.25, -0.2) is 0 Å². The van der Waals surface area contributed by atoms with Gasteiger partial charge in [-0.1, -0.05) is 0 Å². The van der Waals surface area contributed by atoms with Crippen molar-refractivity contribution in [2.45, 2.75) is 25.7 Å². The van der Waals surface area contributed by atoms with E-state index in [0.29, 0.717) is 52.4 Å². The van der Waals surface area contributed by atoms with Crippen LogP contribution >= 0.6 is 0 Å². The van der Waals surface area contributed by atoms with Crippen LogP contribution in [-0.2, 0) is 9.59 Å². The number of hydrogen-bond donors (Lipinski definition) is 0. The largest absolute Gasteiger partial charge is 1.00 e. The van der Waals surface area contributed by atoms with Gasteiger partial charge in [0, 0.05) is 87.7 Å². The fraction of sp³-hybridized carbons (Fsp3) is 0.500. The van der Waals surface area contributed by atoms with E-state index in [1.165, 1.54) is 12.4 Å². The molecule has 4 fully saturated rings. The molecule has 6 rings (SSSR count). The van der Waals surface area contributed by atoms with E-state index in [1.54, 1.807) is 24.5 Å². The maximum atomic E-state index is 12.0. The van der Waals surface area contributed by atoms with Crippen molar-refractivity contribution in [3.8, 4) is 0 Å². The van der Waals surface area contributed by atoms with Gasteiger partial charge in [0.05, 0.1) is 35.7 Å².